The Morgan fingerprint density at radius 1 is 1.16 bits per heavy atom. The molecule has 1 aliphatic heterocycles. The molecule has 2 aromatic carbocycles. The second kappa shape index (κ2) is 7.33. The number of carbonyl (C=O) groups is 2. The zero-order valence-corrected chi connectivity index (χ0v) is 15.1. The molecule has 0 atom stereocenters. The number of fused-ring (bicyclic) bond motifs is 1. The highest BCUT2D eigenvalue weighted by molar-refractivity contribution is 8.03. The fourth-order valence-electron chi connectivity index (χ4n) is 2.65. The minimum Gasteiger partial charge on any atom is -0.481 e. The number of carbonyl (C=O) groups excluding carboxylic acids is 1. The lowest BCUT2D eigenvalue weighted by molar-refractivity contribution is -0.136. The minimum absolute atomic E-state index is 0.0258. The molecule has 1 N–H and O–H groups in total. The normalized spacial score (nSPS) is 14.6. The average molecular weight is 374 g/mol. The maximum atomic E-state index is 11.6. The van der Waals surface area contributed by atoms with Crippen LogP contribution in [-0.4, -0.2) is 16.9 Å². The van der Waals surface area contributed by atoms with Crippen molar-refractivity contribution >= 4 is 40.8 Å². The number of hydrogen-bond donors (Lipinski definition) is 1. The summed E-state index contributed by atoms with van der Waals surface area (Å²) in [7, 11) is 0. The van der Waals surface area contributed by atoms with Gasteiger partial charge in [-0.3, -0.25) is 9.59 Å². The summed E-state index contributed by atoms with van der Waals surface area (Å²) >= 11 is 7.46. The fourth-order valence-corrected chi connectivity index (χ4v) is 3.91. The Labute approximate surface area is 155 Å². The molecule has 25 heavy (non-hydrogen) atoms. The minimum atomic E-state index is -0.866. The van der Waals surface area contributed by atoms with Gasteiger partial charge in [0, 0.05) is 22.5 Å². The molecule has 1 aliphatic rings. The third-order valence-corrected chi connectivity index (χ3v) is 5.10. The largest absolute Gasteiger partial charge is 0.481 e. The molecule has 0 spiro atoms. The molecular weight excluding hydrogens is 358 g/mol. The summed E-state index contributed by atoms with van der Waals surface area (Å²) in [6, 6.07) is 13.2. The van der Waals surface area contributed by atoms with Crippen LogP contribution in [-0.2, 0) is 22.6 Å². The number of carboxylic acid groups (broad SMARTS) is 1. The first kappa shape index (κ1) is 17.6. The third-order valence-electron chi connectivity index (χ3n) is 3.73. The van der Waals surface area contributed by atoms with Crippen LogP contribution in [0.5, 0.6) is 0 Å². The van der Waals surface area contributed by atoms with Crippen molar-refractivity contribution in [3.8, 4) is 0 Å². The van der Waals surface area contributed by atoms with Crippen LogP contribution in [0.4, 0.5) is 5.69 Å². The van der Waals surface area contributed by atoms with Crippen molar-refractivity contribution in [2.45, 2.75) is 24.8 Å². The number of anilines is 1. The van der Waals surface area contributed by atoms with E-state index in [9.17, 15) is 9.59 Å². The Balaban J connectivity index is 1.98. The predicted molar refractivity (Wildman–Crippen MR) is 100 cm³/mol. The quantitative estimate of drug-likeness (QED) is 0.781. The van der Waals surface area contributed by atoms with E-state index in [0.29, 0.717) is 11.6 Å². The van der Waals surface area contributed by atoms with Crippen molar-refractivity contribution in [2.24, 2.45) is 0 Å². The summed E-state index contributed by atoms with van der Waals surface area (Å²) in [6.45, 7) is 2.10. The van der Waals surface area contributed by atoms with E-state index in [4.69, 9.17) is 16.7 Å². The smallest absolute Gasteiger partial charge is 0.307 e. The van der Waals surface area contributed by atoms with Crippen LogP contribution in [0.25, 0.3) is 0 Å². The van der Waals surface area contributed by atoms with E-state index in [1.807, 2.05) is 47.4 Å². The van der Waals surface area contributed by atoms with Gasteiger partial charge in [-0.25, -0.2) is 0 Å². The van der Waals surface area contributed by atoms with Gasteiger partial charge in [0.15, 0.2) is 5.78 Å². The molecule has 0 amide bonds. The molecule has 0 aromatic heterocycles. The van der Waals surface area contributed by atoms with E-state index in [0.717, 1.165) is 26.7 Å². The Hall–Kier alpha value is -2.24. The molecule has 2 aromatic rings. The SMILES string of the molecule is CC(=O)C=C1Sc2ccc(CC(=O)O)cc2N1Cc1ccc(Cl)cc1. The van der Waals surface area contributed by atoms with E-state index in [1.165, 1.54) is 18.7 Å². The van der Waals surface area contributed by atoms with Gasteiger partial charge in [-0.05, 0) is 42.3 Å². The predicted octanol–water partition coefficient (Wildman–Crippen LogP) is 4.51. The van der Waals surface area contributed by atoms with Crippen LogP contribution < -0.4 is 4.90 Å². The first-order chi connectivity index (χ1) is 11.9. The first-order valence-electron chi connectivity index (χ1n) is 7.69. The molecule has 1 heterocycles. The van der Waals surface area contributed by atoms with E-state index in [1.54, 1.807) is 6.08 Å². The number of aliphatic carboxylic acids is 1. The third kappa shape index (κ3) is 4.24. The van der Waals surface area contributed by atoms with Gasteiger partial charge in [0.2, 0.25) is 0 Å². The lowest BCUT2D eigenvalue weighted by Gasteiger charge is -2.21. The van der Waals surface area contributed by atoms with Crippen LogP contribution in [0, 0.1) is 0 Å². The van der Waals surface area contributed by atoms with Crippen LogP contribution in [0.15, 0.2) is 58.5 Å². The summed E-state index contributed by atoms with van der Waals surface area (Å²) < 4.78 is 0. The summed E-state index contributed by atoms with van der Waals surface area (Å²) in [5.74, 6) is -0.892. The summed E-state index contributed by atoms with van der Waals surface area (Å²) in [6.07, 6.45) is 1.58. The van der Waals surface area contributed by atoms with Crippen molar-refractivity contribution in [2.75, 3.05) is 4.90 Å². The van der Waals surface area contributed by atoms with Crippen LogP contribution in [0.2, 0.25) is 5.02 Å². The molecule has 6 heteroatoms. The lowest BCUT2D eigenvalue weighted by atomic mass is 10.1. The molecule has 4 nitrogen and oxygen atoms in total. The van der Waals surface area contributed by atoms with Crippen molar-refractivity contribution in [1.82, 2.24) is 0 Å². The van der Waals surface area contributed by atoms with Gasteiger partial charge in [-0.2, -0.15) is 0 Å². The molecule has 0 aliphatic carbocycles. The average Bonchev–Trinajstić information content (AvgIpc) is 2.85. The molecule has 0 saturated carbocycles. The number of thioether (sulfide) groups is 1. The summed E-state index contributed by atoms with van der Waals surface area (Å²) in [5.41, 5.74) is 2.71. The zero-order valence-electron chi connectivity index (χ0n) is 13.5. The molecule has 0 bridgehead atoms. The zero-order chi connectivity index (χ0) is 18.0. The van der Waals surface area contributed by atoms with Crippen molar-refractivity contribution in [1.29, 1.82) is 0 Å². The fraction of sp³-hybridized carbons (Fsp3) is 0.158. The number of hydrogen-bond acceptors (Lipinski definition) is 4. The molecule has 0 unspecified atom stereocenters. The Kier molecular flexibility index (Phi) is 5.16. The van der Waals surface area contributed by atoms with Crippen LogP contribution in [0.3, 0.4) is 0 Å². The van der Waals surface area contributed by atoms with Gasteiger partial charge < -0.3 is 10.0 Å². The monoisotopic (exact) mass is 373 g/mol. The summed E-state index contributed by atoms with van der Waals surface area (Å²) in [5, 5.41) is 10.5. The van der Waals surface area contributed by atoms with Gasteiger partial charge in [-0.1, -0.05) is 41.6 Å². The maximum absolute atomic E-state index is 11.6. The van der Waals surface area contributed by atoms with Crippen LogP contribution >= 0.6 is 23.4 Å². The van der Waals surface area contributed by atoms with Gasteiger partial charge in [0.1, 0.15) is 0 Å². The van der Waals surface area contributed by atoms with Crippen molar-refractivity contribution < 1.29 is 14.7 Å². The van der Waals surface area contributed by atoms with E-state index in [-0.39, 0.29) is 12.2 Å². The highest BCUT2D eigenvalue weighted by Crippen LogP contribution is 2.47. The second-order valence-electron chi connectivity index (χ2n) is 5.78. The number of halogens is 1. The number of benzene rings is 2. The Bertz CT molecular complexity index is 861. The van der Waals surface area contributed by atoms with Crippen molar-refractivity contribution in [3.05, 3.63) is 69.7 Å². The standard InChI is InChI=1S/C19H16ClNO3S/c1-12(22)8-18-21(11-13-2-5-15(20)6-3-13)16-9-14(10-19(23)24)4-7-17(16)25-18/h2-9H,10-11H2,1H3,(H,23,24). The lowest BCUT2D eigenvalue weighted by Crippen LogP contribution is -2.18. The molecule has 0 saturated heterocycles. The topological polar surface area (TPSA) is 57.6 Å². The number of ketones is 1. The Morgan fingerprint density at radius 3 is 2.48 bits per heavy atom. The molecule has 128 valence electrons. The van der Waals surface area contributed by atoms with E-state index >= 15 is 0 Å². The van der Waals surface area contributed by atoms with E-state index < -0.39 is 5.97 Å². The van der Waals surface area contributed by atoms with Gasteiger partial charge in [0.05, 0.1) is 17.1 Å². The molecule has 0 fully saturated rings. The molecule has 3 rings (SSSR count). The number of rotatable bonds is 5. The first-order valence-corrected chi connectivity index (χ1v) is 8.88. The van der Waals surface area contributed by atoms with Gasteiger partial charge in [-0.15, -0.1) is 0 Å². The van der Waals surface area contributed by atoms with Crippen LogP contribution in [0.1, 0.15) is 18.1 Å². The number of carboxylic acids is 1. The molecule has 0 radical (unpaired) electrons. The van der Waals surface area contributed by atoms with E-state index in [2.05, 4.69) is 0 Å². The number of allylic oxidation sites excluding steroid dienone is 1. The highest BCUT2D eigenvalue weighted by Gasteiger charge is 2.26. The highest BCUT2D eigenvalue weighted by atomic mass is 35.5. The second-order valence-corrected chi connectivity index (χ2v) is 7.28. The Morgan fingerprint density at radius 2 is 1.84 bits per heavy atom. The molecular formula is C19H16ClNO3S. The van der Waals surface area contributed by atoms with Crippen molar-refractivity contribution in [3.63, 3.8) is 0 Å². The maximum Gasteiger partial charge on any atom is 0.307 e. The summed E-state index contributed by atoms with van der Waals surface area (Å²) in [4.78, 5) is 25.6. The number of nitrogens with zero attached hydrogens (tertiary/aromatic N) is 1. The van der Waals surface area contributed by atoms with Gasteiger partial charge >= 0.3 is 5.97 Å². The van der Waals surface area contributed by atoms with Gasteiger partial charge in [0.25, 0.3) is 0 Å².